The van der Waals surface area contributed by atoms with Crippen LogP contribution in [0.2, 0.25) is 0 Å². The lowest BCUT2D eigenvalue weighted by Crippen LogP contribution is -2.20. The number of nitrogens with zero attached hydrogens (tertiary/aromatic N) is 3. The van der Waals surface area contributed by atoms with Crippen molar-refractivity contribution in [1.82, 2.24) is 20.3 Å². The first-order valence-corrected chi connectivity index (χ1v) is 9.42. The zero-order valence-electron chi connectivity index (χ0n) is 17.1. The molecule has 5 N–H and O–H groups in total. The van der Waals surface area contributed by atoms with Gasteiger partial charge in [0.15, 0.2) is 5.82 Å². The van der Waals surface area contributed by atoms with E-state index in [1.54, 1.807) is 32.8 Å². The fraction of sp³-hybridized carbons (Fsp3) is 0.238. The Morgan fingerprint density at radius 3 is 2.83 bits per heavy atom. The third kappa shape index (κ3) is 4.64. The van der Waals surface area contributed by atoms with Crippen LogP contribution in [0.3, 0.4) is 0 Å². The van der Waals surface area contributed by atoms with Gasteiger partial charge in [-0.1, -0.05) is 6.07 Å². The number of aliphatic hydroxyl groups excluding tert-OH is 1. The SMILES string of the molecule is CN/C=C(\C=N)c1ccc(Nc2ncc3ccnc(NC(C)CO)c3n2)c(OC)c1. The van der Waals surface area contributed by atoms with Crippen molar-refractivity contribution in [3.63, 3.8) is 0 Å². The summed E-state index contributed by atoms with van der Waals surface area (Å²) in [7, 11) is 3.37. The number of benzene rings is 1. The van der Waals surface area contributed by atoms with Crippen molar-refractivity contribution < 1.29 is 9.84 Å². The molecule has 9 heteroatoms. The average Bonchev–Trinajstić information content (AvgIpc) is 2.78. The molecule has 0 radical (unpaired) electrons. The number of pyridine rings is 1. The summed E-state index contributed by atoms with van der Waals surface area (Å²) >= 11 is 0. The molecule has 0 saturated carbocycles. The van der Waals surface area contributed by atoms with E-state index >= 15 is 0 Å². The Morgan fingerprint density at radius 2 is 2.13 bits per heavy atom. The van der Waals surface area contributed by atoms with Gasteiger partial charge >= 0.3 is 0 Å². The van der Waals surface area contributed by atoms with E-state index in [1.807, 2.05) is 31.2 Å². The Labute approximate surface area is 174 Å². The van der Waals surface area contributed by atoms with Gasteiger partial charge < -0.3 is 31.2 Å². The standard InChI is InChI=1S/C21H25N7O2/c1-13(12-29)26-20-19-15(6-7-24-20)11-25-21(28-19)27-17-5-4-14(8-18(17)30-3)16(9-22)10-23-2/h4-11,13,22-23,29H,12H2,1-3H3,(H,24,26)(H,25,27,28)/b16-10+,22-9?. The maximum Gasteiger partial charge on any atom is 0.227 e. The van der Waals surface area contributed by atoms with E-state index in [1.165, 1.54) is 6.21 Å². The Balaban J connectivity index is 1.94. The summed E-state index contributed by atoms with van der Waals surface area (Å²) in [6.45, 7) is 1.84. The van der Waals surface area contributed by atoms with Gasteiger partial charge in [-0.05, 0) is 30.7 Å². The molecule has 156 valence electrons. The van der Waals surface area contributed by atoms with E-state index in [0.29, 0.717) is 28.7 Å². The molecule has 0 bridgehead atoms. The number of hydrogen-bond acceptors (Lipinski definition) is 9. The van der Waals surface area contributed by atoms with Crippen molar-refractivity contribution in [2.45, 2.75) is 13.0 Å². The third-order valence-electron chi connectivity index (χ3n) is 4.39. The fourth-order valence-corrected chi connectivity index (χ4v) is 2.86. The Bertz CT molecular complexity index is 1070. The molecule has 0 amide bonds. The number of methoxy groups -OCH3 is 1. The van der Waals surface area contributed by atoms with Crippen LogP contribution in [0.25, 0.3) is 16.5 Å². The number of aliphatic hydroxyl groups is 1. The van der Waals surface area contributed by atoms with Crippen molar-refractivity contribution in [2.24, 2.45) is 0 Å². The topological polar surface area (TPSA) is 128 Å². The quantitative estimate of drug-likeness (QED) is 0.343. The number of hydrogen-bond donors (Lipinski definition) is 5. The number of nitrogens with one attached hydrogen (secondary N) is 4. The zero-order chi connectivity index (χ0) is 21.5. The molecule has 3 aromatic rings. The summed E-state index contributed by atoms with van der Waals surface area (Å²) in [5.41, 5.74) is 2.91. The van der Waals surface area contributed by atoms with Gasteiger partial charge in [0, 0.05) is 48.9 Å². The van der Waals surface area contributed by atoms with Crippen LogP contribution < -0.4 is 20.7 Å². The first-order chi connectivity index (χ1) is 14.6. The molecule has 1 aromatic carbocycles. The minimum Gasteiger partial charge on any atom is -0.495 e. The maximum atomic E-state index is 9.32. The molecular weight excluding hydrogens is 382 g/mol. The fourth-order valence-electron chi connectivity index (χ4n) is 2.86. The van der Waals surface area contributed by atoms with Crippen LogP contribution >= 0.6 is 0 Å². The lowest BCUT2D eigenvalue weighted by molar-refractivity contribution is 0.281. The second kappa shape index (κ2) is 9.66. The third-order valence-corrected chi connectivity index (χ3v) is 4.39. The van der Waals surface area contributed by atoms with Gasteiger partial charge in [0.05, 0.1) is 19.4 Å². The van der Waals surface area contributed by atoms with Gasteiger partial charge in [-0.3, -0.25) is 0 Å². The second-order valence-electron chi connectivity index (χ2n) is 6.59. The van der Waals surface area contributed by atoms with Crippen LogP contribution in [0.15, 0.2) is 42.9 Å². The molecule has 0 saturated heterocycles. The van der Waals surface area contributed by atoms with Crippen LogP contribution in [0.4, 0.5) is 17.5 Å². The second-order valence-corrected chi connectivity index (χ2v) is 6.59. The van der Waals surface area contributed by atoms with Crippen LogP contribution in [-0.2, 0) is 0 Å². The molecule has 3 rings (SSSR count). The molecule has 0 aliphatic carbocycles. The highest BCUT2D eigenvalue weighted by Crippen LogP contribution is 2.30. The molecule has 0 spiro atoms. The monoisotopic (exact) mass is 407 g/mol. The van der Waals surface area contributed by atoms with E-state index in [0.717, 1.165) is 16.5 Å². The van der Waals surface area contributed by atoms with E-state index < -0.39 is 0 Å². The molecule has 0 aliphatic heterocycles. The molecule has 1 unspecified atom stereocenters. The lowest BCUT2D eigenvalue weighted by Gasteiger charge is -2.14. The summed E-state index contributed by atoms with van der Waals surface area (Å²) < 4.78 is 5.52. The molecule has 30 heavy (non-hydrogen) atoms. The summed E-state index contributed by atoms with van der Waals surface area (Å²) in [5, 5.41) is 27.0. The van der Waals surface area contributed by atoms with Crippen LogP contribution in [0.5, 0.6) is 5.75 Å². The van der Waals surface area contributed by atoms with Gasteiger partial charge in [0.1, 0.15) is 11.3 Å². The molecule has 0 fully saturated rings. The molecule has 9 nitrogen and oxygen atoms in total. The predicted octanol–water partition coefficient (Wildman–Crippen LogP) is 2.78. The molecule has 0 aliphatic rings. The smallest absolute Gasteiger partial charge is 0.227 e. The zero-order valence-corrected chi connectivity index (χ0v) is 17.1. The normalized spacial score (nSPS) is 12.3. The highest BCUT2D eigenvalue weighted by Gasteiger charge is 2.12. The van der Waals surface area contributed by atoms with Crippen LogP contribution in [-0.4, -0.2) is 53.1 Å². The minimum atomic E-state index is -0.157. The Kier molecular flexibility index (Phi) is 6.76. The van der Waals surface area contributed by atoms with Gasteiger partial charge in [0.2, 0.25) is 5.95 Å². The van der Waals surface area contributed by atoms with Crippen molar-refractivity contribution in [3.8, 4) is 5.75 Å². The summed E-state index contributed by atoms with van der Waals surface area (Å²) in [6.07, 6.45) is 6.41. The van der Waals surface area contributed by atoms with Crippen LogP contribution in [0, 0.1) is 5.41 Å². The number of aromatic nitrogens is 3. The minimum absolute atomic E-state index is 0.0163. The largest absolute Gasteiger partial charge is 0.495 e. The first kappa shape index (κ1) is 21.0. The molecule has 2 heterocycles. The van der Waals surface area contributed by atoms with E-state index in [2.05, 4.69) is 30.9 Å². The summed E-state index contributed by atoms with van der Waals surface area (Å²) in [5.74, 6) is 1.56. The predicted molar refractivity (Wildman–Crippen MR) is 120 cm³/mol. The van der Waals surface area contributed by atoms with Gasteiger partial charge in [0.25, 0.3) is 0 Å². The van der Waals surface area contributed by atoms with Crippen molar-refractivity contribution in [1.29, 1.82) is 5.41 Å². The average molecular weight is 407 g/mol. The van der Waals surface area contributed by atoms with Gasteiger partial charge in [-0.2, -0.15) is 0 Å². The van der Waals surface area contributed by atoms with E-state index in [4.69, 9.17) is 10.1 Å². The summed E-state index contributed by atoms with van der Waals surface area (Å²) in [6, 6.07) is 7.25. The molecular formula is C21H25N7O2. The first-order valence-electron chi connectivity index (χ1n) is 9.42. The lowest BCUT2D eigenvalue weighted by atomic mass is 10.1. The van der Waals surface area contributed by atoms with Crippen molar-refractivity contribution >= 4 is 40.1 Å². The number of rotatable bonds is 9. The van der Waals surface area contributed by atoms with Crippen LogP contribution in [0.1, 0.15) is 12.5 Å². The highest BCUT2D eigenvalue weighted by atomic mass is 16.5. The van der Waals surface area contributed by atoms with E-state index in [9.17, 15) is 5.11 Å². The van der Waals surface area contributed by atoms with Gasteiger partial charge in [-0.25, -0.2) is 15.0 Å². The van der Waals surface area contributed by atoms with E-state index in [-0.39, 0.29) is 12.6 Å². The highest BCUT2D eigenvalue weighted by molar-refractivity contribution is 6.08. The summed E-state index contributed by atoms with van der Waals surface area (Å²) in [4.78, 5) is 13.3. The van der Waals surface area contributed by atoms with Gasteiger partial charge in [-0.15, -0.1) is 0 Å². The number of anilines is 3. The molecule has 2 aromatic heterocycles. The number of ether oxygens (including phenoxy) is 1. The Morgan fingerprint density at radius 1 is 1.30 bits per heavy atom. The molecule has 1 atom stereocenters. The number of fused-ring (bicyclic) bond motifs is 1. The Hall–Kier alpha value is -3.72. The maximum absolute atomic E-state index is 9.32. The van der Waals surface area contributed by atoms with Crippen molar-refractivity contribution in [2.75, 3.05) is 31.4 Å². The number of allylic oxidation sites excluding steroid dienone is 1. The van der Waals surface area contributed by atoms with Crippen molar-refractivity contribution in [3.05, 3.63) is 48.4 Å².